The molecule has 110 valence electrons. The summed E-state index contributed by atoms with van der Waals surface area (Å²) in [6.07, 6.45) is 3.45. The Hall–Kier alpha value is -0.910. The van der Waals surface area contributed by atoms with Crippen molar-refractivity contribution in [2.24, 2.45) is 0 Å². The highest BCUT2D eigenvalue weighted by molar-refractivity contribution is 9.10. The van der Waals surface area contributed by atoms with Crippen LogP contribution in [0.25, 0.3) is 0 Å². The maximum Gasteiger partial charge on any atom is 0.238 e. The summed E-state index contributed by atoms with van der Waals surface area (Å²) in [5.74, 6) is 0.0385. The van der Waals surface area contributed by atoms with E-state index in [0.29, 0.717) is 12.6 Å². The maximum atomic E-state index is 12.1. The molecule has 1 heterocycles. The van der Waals surface area contributed by atoms with Crippen molar-refractivity contribution in [2.75, 3.05) is 32.0 Å². The fourth-order valence-corrected chi connectivity index (χ4v) is 2.93. The minimum Gasteiger partial charge on any atom is -0.324 e. The Balaban J connectivity index is 1.85. The number of carbonyl (C=O) groups excluding carboxylic acids is 1. The van der Waals surface area contributed by atoms with Crippen LogP contribution in [-0.2, 0) is 4.79 Å². The van der Waals surface area contributed by atoms with E-state index < -0.39 is 0 Å². The molecule has 5 heteroatoms. The predicted octanol–water partition coefficient (Wildman–Crippen LogP) is 2.46. The molecule has 1 amide bonds. The number of anilines is 1. The smallest absolute Gasteiger partial charge is 0.238 e. The van der Waals surface area contributed by atoms with Crippen molar-refractivity contribution >= 4 is 27.5 Å². The van der Waals surface area contributed by atoms with Gasteiger partial charge >= 0.3 is 0 Å². The van der Waals surface area contributed by atoms with Gasteiger partial charge in [0.15, 0.2) is 0 Å². The number of carbonyl (C=O) groups is 1. The quantitative estimate of drug-likeness (QED) is 0.885. The lowest BCUT2D eigenvalue weighted by molar-refractivity contribution is -0.117. The van der Waals surface area contributed by atoms with Crippen molar-refractivity contribution in [3.63, 3.8) is 0 Å². The first kappa shape index (κ1) is 15.5. The molecule has 0 aliphatic carbocycles. The van der Waals surface area contributed by atoms with Crippen molar-refractivity contribution in [2.45, 2.75) is 25.3 Å². The van der Waals surface area contributed by atoms with E-state index in [-0.39, 0.29) is 5.91 Å². The number of nitrogens with one attached hydrogen (secondary N) is 2. The number of hydrogen-bond acceptors (Lipinski definition) is 3. The number of para-hydroxylation sites is 1. The number of benzene rings is 1. The molecule has 1 aliphatic rings. The predicted molar refractivity (Wildman–Crippen MR) is 85.9 cm³/mol. The van der Waals surface area contributed by atoms with E-state index in [1.165, 1.54) is 6.42 Å². The molecular formula is C15H22BrN3O. The second-order valence-corrected chi connectivity index (χ2v) is 6.13. The van der Waals surface area contributed by atoms with E-state index in [1.807, 2.05) is 31.3 Å². The lowest BCUT2D eigenvalue weighted by Gasteiger charge is -2.26. The fourth-order valence-electron chi connectivity index (χ4n) is 2.55. The van der Waals surface area contributed by atoms with Crippen molar-refractivity contribution in [1.29, 1.82) is 0 Å². The van der Waals surface area contributed by atoms with Crippen LogP contribution in [-0.4, -0.2) is 43.5 Å². The molecule has 1 atom stereocenters. The first-order valence-electron chi connectivity index (χ1n) is 7.12. The second-order valence-electron chi connectivity index (χ2n) is 5.28. The minimum absolute atomic E-state index is 0.0385. The van der Waals surface area contributed by atoms with Crippen LogP contribution in [0.3, 0.4) is 0 Å². The van der Waals surface area contributed by atoms with Gasteiger partial charge in [-0.3, -0.25) is 9.69 Å². The van der Waals surface area contributed by atoms with Gasteiger partial charge in [0, 0.05) is 10.5 Å². The Bertz CT molecular complexity index is 444. The zero-order chi connectivity index (χ0) is 14.4. The Kier molecular flexibility index (Phi) is 6.01. The number of rotatable bonds is 4. The molecule has 1 aliphatic heterocycles. The van der Waals surface area contributed by atoms with Gasteiger partial charge in [0.25, 0.3) is 0 Å². The summed E-state index contributed by atoms with van der Waals surface area (Å²) in [7, 11) is 2.04. The topological polar surface area (TPSA) is 44.4 Å². The monoisotopic (exact) mass is 339 g/mol. The first-order chi connectivity index (χ1) is 9.66. The molecule has 2 rings (SSSR count). The Labute approximate surface area is 129 Å². The molecule has 20 heavy (non-hydrogen) atoms. The number of halogens is 1. The molecule has 0 saturated carbocycles. The van der Waals surface area contributed by atoms with Crippen LogP contribution in [0, 0.1) is 0 Å². The van der Waals surface area contributed by atoms with Crippen molar-refractivity contribution in [1.82, 2.24) is 10.2 Å². The van der Waals surface area contributed by atoms with E-state index in [2.05, 4.69) is 31.5 Å². The maximum absolute atomic E-state index is 12.1. The molecule has 0 bridgehead atoms. The number of hydrogen-bond donors (Lipinski definition) is 2. The van der Waals surface area contributed by atoms with Gasteiger partial charge in [-0.2, -0.15) is 0 Å². The second kappa shape index (κ2) is 7.76. The van der Waals surface area contributed by atoms with Gasteiger partial charge < -0.3 is 10.6 Å². The number of likely N-dealkylation sites (N-methyl/N-ethyl adjacent to an activating group) is 1. The van der Waals surface area contributed by atoms with Crippen LogP contribution in [0.4, 0.5) is 5.69 Å². The lowest BCUT2D eigenvalue weighted by atomic mass is 10.1. The van der Waals surface area contributed by atoms with E-state index in [1.54, 1.807) is 0 Å². The van der Waals surface area contributed by atoms with Crippen LogP contribution < -0.4 is 10.6 Å². The van der Waals surface area contributed by atoms with Crippen LogP contribution in [0.15, 0.2) is 28.7 Å². The van der Waals surface area contributed by atoms with Gasteiger partial charge in [0.05, 0.1) is 12.2 Å². The SMILES string of the molecule is CN(CC(=O)Nc1ccccc1Br)C1CCCNCC1. The van der Waals surface area contributed by atoms with Gasteiger partial charge in [-0.1, -0.05) is 12.1 Å². The Morgan fingerprint density at radius 1 is 1.40 bits per heavy atom. The summed E-state index contributed by atoms with van der Waals surface area (Å²) >= 11 is 3.44. The highest BCUT2D eigenvalue weighted by Crippen LogP contribution is 2.21. The van der Waals surface area contributed by atoms with Crippen LogP contribution in [0.2, 0.25) is 0 Å². The van der Waals surface area contributed by atoms with Crippen molar-refractivity contribution in [3.8, 4) is 0 Å². The molecule has 1 saturated heterocycles. The zero-order valence-corrected chi connectivity index (χ0v) is 13.4. The highest BCUT2D eigenvalue weighted by Gasteiger charge is 2.18. The van der Waals surface area contributed by atoms with Crippen LogP contribution in [0.5, 0.6) is 0 Å². The largest absolute Gasteiger partial charge is 0.324 e. The molecule has 0 radical (unpaired) electrons. The Morgan fingerprint density at radius 3 is 3.00 bits per heavy atom. The standard InChI is InChI=1S/C15H22BrN3O/c1-19(12-5-4-9-17-10-8-12)11-15(20)18-14-7-3-2-6-13(14)16/h2-3,6-7,12,17H,4-5,8-11H2,1H3,(H,18,20). The molecule has 1 fully saturated rings. The Morgan fingerprint density at radius 2 is 2.20 bits per heavy atom. The van der Waals surface area contributed by atoms with Gasteiger partial charge in [0.2, 0.25) is 5.91 Å². The lowest BCUT2D eigenvalue weighted by Crippen LogP contribution is -2.38. The van der Waals surface area contributed by atoms with Gasteiger partial charge in [-0.05, 0) is 67.5 Å². The molecule has 4 nitrogen and oxygen atoms in total. The number of amides is 1. The van der Waals surface area contributed by atoms with E-state index in [4.69, 9.17) is 0 Å². The first-order valence-corrected chi connectivity index (χ1v) is 7.91. The summed E-state index contributed by atoms with van der Waals surface area (Å²) in [5.41, 5.74) is 0.827. The fraction of sp³-hybridized carbons (Fsp3) is 0.533. The van der Waals surface area contributed by atoms with Gasteiger partial charge in [0.1, 0.15) is 0 Å². The third-order valence-electron chi connectivity index (χ3n) is 3.71. The molecule has 1 aromatic rings. The molecule has 0 spiro atoms. The van der Waals surface area contributed by atoms with Gasteiger partial charge in [-0.15, -0.1) is 0 Å². The third-order valence-corrected chi connectivity index (χ3v) is 4.40. The summed E-state index contributed by atoms with van der Waals surface area (Å²) < 4.78 is 0.912. The number of nitrogens with zero attached hydrogens (tertiary/aromatic N) is 1. The average molecular weight is 340 g/mol. The van der Waals surface area contributed by atoms with E-state index in [0.717, 1.165) is 36.1 Å². The zero-order valence-electron chi connectivity index (χ0n) is 11.9. The van der Waals surface area contributed by atoms with Crippen LogP contribution in [0.1, 0.15) is 19.3 Å². The molecule has 2 N–H and O–H groups in total. The summed E-state index contributed by atoms with van der Waals surface area (Å²) in [6.45, 7) is 2.57. The van der Waals surface area contributed by atoms with Crippen molar-refractivity contribution < 1.29 is 4.79 Å². The third kappa shape index (κ3) is 4.58. The molecule has 0 aromatic heterocycles. The van der Waals surface area contributed by atoms with E-state index >= 15 is 0 Å². The molecule has 1 unspecified atom stereocenters. The van der Waals surface area contributed by atoms with Crippen molar-refractivity contribution in [3.05, 3.63) is 28.7 Å². The summed E-state index contributed by atoms with van der Waals surface area (Å²) in [5, 5.41) is 6.35. The van der Waals surface area contributed by atoms with Gasteiger partial charge in [-0.25, -0.2) is 0 Å². The average Bonchev–Trinajstić information content (AvgIpc) is 2.70. The molecule has 1 aromatic carbocycles. The van der Waals surface area contributed by atoms with Crippen LogP contribution >= 0.6 is 15.9 Å². The highest BCUT2D eigenvalue weighted by atomic mass is 79.9. The summed E-state index contributed by atoms with van der Waals surface area (Å²) in [4.78, 5) is 14.3. The summed E-state index contributed by atoms with van der Waals surface area (Å²) in [6, 6.07) is 8.18. The minimum atomic E-state index is 0.0385. The molecular weight excluding hydrogens is 318 g/mol. The van der Waals surface area contributed by atoms with E-state index in [9.17, 15) is 4.79 Å². The normalized spacial score (nSPS) is 19.6.